The van der Waals surface area contributed by atoms with Gasteiger partial charge in [0.15, 0.2) is 0 Å². The van der Waals surface area contributed by atoms with Gasteiger partial charge in [-0.3, -0.25) is 0 Å². The van der Waals surface area contributed by atoms with Gasteiger partial charge in [-0.2, -0.15) is 0 Å². The van der Waals surface area contributed by atoms with E-state index in [9.17, 15) is 0 Å². The Hall–Kier alpha value is -2.54. The van der Waals surface area contributed by atoms with Crippen LogP contribution in [0.2, 0.25) is 0 Å². The summed E-state index contributed by atoms with van der Waals surface area (Å²) in [5, 5.41) is 3.76. The smallest absolute Gasteiger partial charge is 0.0767 e. The van der Waals surface area contributed by atoms with Crippen molar-refractivity contribution in [3.8, 4) is 0 Å². The molecule has 0 amide bonds. The van der Waals surface area contributed by atoms with Gasteiger partial charge in [0.1, 0.15) is 0 Å². The van der Waals surface area contributed by atoms with Crippen LogP contribution in [0.3, 0.4) is 0 Å². The standard InChI is InChI=1S/C22H23N/c1-17(2)20-15-9-10-16-21(20)23-22(18-11-5-3-6-12-18)19-13-7-4-8-14-19/h3-17,22-23H,1-2H3. The van der Waals surface area contributed by atoms with Crippen LogP contribution in [-0.4, -0.2) is 0 Å². The molecule has 23 heavy (non-hydrogen) atoms. The summed E-state index contributed by atoms with van der Waals surface area (Å²) in [7, 11) is 0. The van der Waals surface area contributed by atoms with Gasteiger partial charge in [0.25, 0.3) is 0 Å². The number of anilines is 1. The van der Waals surface area contributed by atoms with E-state index in [1.807, 2.05) is 0 Å². The quantitative estimate of drug-likeness (QED) is 0.608. The van der Waals surface area contributed by atoms with Crippen molar-refractivity contribution in [2.24, 2.45) is 0 Å². The van der Waals surface area contributed by atoms with Gasteiger partial charge in [0.2, 0.25) is 0 Å². The summed E-state index contributed by atoms with van der Waals surface area (Å²) in [6.45, 7) is 4.47. The second-order valence-electron chi connectivity index (χ2n) is 6.14. The van der Waals surface area contributed by atoms with Crippen molar-refractivity contribution < 1.29 is 0 Å². The normalized spacial score (nSPS) is 11.0. The predicted molar refractivity (Wildman–Crippen MR) is 98.9 cm³/mol. The molecule has 0 heterocycles. The fourth-order valence-corrected chi connectivity index (χ4v) is 2.94. The van der Waals surface area contributed by atoms with Crippen molar-refractivity contribution >= 4 is 5.69 Å². The Morgan fingerprint density at radius 1 is 0.609 bits per heavy atom. The number of hydrogen-bond donors (Lipinski definition) is 1. The molecule has 0 spiro atoms. The van der Waals surface area contributed by atoms with Crippen molar-refractivity contribution in [3.05, 3.63) is 102 Å². The molecule has 0 bridgehead atoms. The first-order valence-electron chi connectivity index (χ1n) is 8.21. The van der Waals surface area contributed by atoms with Gasteiger partial charge in [0, 0.05) is 5.69 Å². The Kier molecular flexibility index (Phi) is 4.77. The van der Waals surface area contributed by atoms with Crippen molar-refractivity contribution in [2.45, 2.75) is 25.8 Å². The topological polar surface area (TPSA) is 12.0 Å². The average Bonchev–Trinajstić information content (AvgIpc) is 2.61. The molecule has 3 aromatic rings. The summed E-state index contributed by atoms with van der Waals surface area (Å²) in [5.74, 6) is 0.492. The lowest BCUT2D eigenvalue weighted by Crippen LogP contribution is -2.13. The van der Waals surface area contributed by atoms with Crippen LogP contribution in [0.5, 0.6) is 0 Å². The molecule has 0 atom stereocenters. The molecule has 1 nitrogen and oxygen atoms in total. The SMILES string of the molecule is CC(C)c1ccccc1NC(c1ccccc1)c1ccccc1. The van der Waals surface area contributed by atoms with E-state index in [0.29, 0.717) is 5.92 Å². The van der Waals surface area contributed by atoms with E-state index >= 15 is 0 Å². The zero-order chi connectivity index (χ0) is 16.1. The Labute approximate surface area is 139 Å². The highest BCUT2D eigenvalue weighted by Crippen LogP contribution is 2.31. The van der Waals surface area contributed by atoms with Gasteiger partial charge in [-0.1, -0.05) is 92.7 Å². The van der Waals surface area contributed by atoms with Crippen LogP contribution in [0.25, 0.3) is 0 Å². The number of hydrogen-bond acceptors (Lipinski definition) is 1. The first kappa shape index (κ1) is 15.4. The highest BCUT2D eigenvalue weighted by molar-refractivity contribution is 5.56. The summed E-state index contributed by atoms with van der Waals surface area (Å²) in [6, 6.07) is 30.0. The number of para-hydroxylation sites is 1. The minimum Gasteiger partial charge on any atom is -0.374 e. The predicted octanol–water partition coefficient (Wildman–Crippen LogP) is 6.01. The lowest BCUT2D eigenvalue weighted by atomic mass is 9.96. The summed E-state index contributed by atoms with van der Waals surface area (Å²) in [6.07, 6.45) is 0. The third-order valence-corrected chi connectivity index (χ3v) is 4.15. The second-order valence-corrected chi connectivity index (χ2v) is 6.14. The van der Waals surface area contributed by atoms with Crippen LogP contribution in [-0.2, 0) is 0 Å². The molecule has 0 aliphatic heterocycles. The van der Waals surface area contributed by atoms with Crippen LogP contribution < -0.4 is 5.32 Å². The maximum absolute atomic E-state index is 3.76. The Balaban J connectivity index is 2.01. The molecule has 0 saturated heterocycles. The summed E-state index contributed by atoms with van der Waals surface area (Å²) >= 11 is 0. The van der Waals surface area contributed by atoms with Crippen LogP contribution in [0.1, 0.15) is 42.5 Å². The zero-order valence-electron chi connectivity index (χ0n) is 13.7. The minimum absolute atomic E-state index is 0.150. The first-order valence-corrected chi connectivity index (χ1v) is 8.21. The van der Waals surface area contributed by atoms with Gasteiger partial charge in [-0.15, -0.1) is 0 Å². The summed E-state index contributed by atoms with van der Waals surface area (Å²) < 4.78 is 0. The Morgan fingerprint density at radius 2 is 1.09 bits per heavy atom. The fourth-order valence-electron chi connectivity index (χ4n) is 2.94. The summed E-state index contributed by atoms with van der Waals surface area (Å²) in [5.41, 5.74) is 5.11. The molecule has 0 aromatic heterocycles. The maximum Gasteiger partial charge on any atom is 0.0767 e. The molecule has 3 rings (SSSR count). The van der Waals surface area contributed by atoms with E-state index in [-0.39, 0.29) is 6.04 Å². The lowest BCUT2D eigenvalue weighted by Gasteiger charge is -2.24. The number of rotatable bonds is 5. The molecule has 0 saturated carbocycles. The van der Waals surface area contributed by atoms with Crippen LogP contribution in [0.15, 0.2) is 84.9 Å². The molecule has 0 aliphatic rings. The molecule has 0 radical (unpaired) electrons. The third kappa shape index (κ3) is 3.62. The Bertz CT molecular complexity index is 693. The average molecular weight is 301 g/mol. The van der Waals surface area contributed by atoms with E-state index in [4.69, 9.17) is 0 Å². The van der Waals surface area contributed by atoms with Gasteiger partial charge in [0.05, 0.1) is 6.04 Å². The molecular weight excluding hydrogens is 278 g/mol. The van der Waals surface area contributed by atoms with Crippen molar-refractivity contribution in [1.82, 2.24) is 0 Å². The molecule has 0 fully saturated rings. The van der Waals surface area contributed by atoms with Gasteiger partial charge < -0.3 is 5.32 Å². The van der Waals surface area contributed by atoms with E-state index in [1.54, 1.807) is 0 Å². The molecule has 116 valence electrons. The molecule has 0 unspecified atom stereocenters. The highest BCUT2D eigenvalue weighted by atomic mass is 14.9. The summed E-state index contributed by atoms with van der Waals surface area (Å²) in [4.78, 5) is 0. The van der Waals surface area contributed by atoms with Crippen LogP contribution >= 0.6 is 0 Å². The van der Waals surface area contributed by atoms with E-state index in [1.165, 1.54) is 22.4 Å². The molecule has 3 aromatic carbocycles. The highest BCUT2D eigenvalue weighted by Gasteiger charge is 2.15. The molecular formula is C22H23N. The van der Waals surface area contributed by atoms with E-state index in [0.717, 1.165) is 0 Å². The molecule has 1 N–H and O–H groups in total. The largest absolute Gasteiger partial charge is 0.374 e. The van der Waals surface area contributed by atoms with Crippen molar-refractivity contribution in [1.29, 1.82) is 0 Å². The van der Waals surface area contributed by atoms with E-state index < -0.39 is 0 Å². The van der Waals surface area contributed by atoms with Crippen LogP contribution in [0, 0.1) is 0 Å². The third-order valence-electron chi connectivity index (χ3n) is 4.15. The van der Waals surface area contributed by atoms with Gasteiger partial charge >= 0.3 is 0 Å². The lowest BCUT2D eigenvalue weighted by molar-refractivity contribution is 0.855. The molecule has 1 heteroatoms. The van der Waals surface area contributed by atoms with Gasteiger partial charge in [-0.05, 0) is 28.7 Å². The van der Waals surface area contributed by atoms with Crippen molar-refractivity contribution in [2.75, 3.05) is 5.32 Å². The molecule has 0 aliphatic carbocycles. The second kappa shape index (κ2) is 7.15. The zero-order valence-corrected chi connectivity index (χ0v) is 13.7. The number of nitrogens with one attached hydrogen (secondary N) is 1. The van der Waals surface area contributed by atoms with Gasteiger partial charge in [-0.25, -0.2) is 0 Å². The maximum atomic E-state index is 3.76. The fraction of sp³-hybridized carbons (Fsp3) is 0.182. The number of benzene rings is 3. The van der Waals surface area contributed by atoms with Crippen molar-refractivity contribution in [3.63, 3.8) is 0 Å². The minimum atomic E-state index is 0.150. The monoisotopic (exact) mass is 301 g/mol. The van der Waals surface area contributed by atoms with Crippen LogP contribution in [0.4, 0.5) is 5.69 Å². The Morgan fingerprint density at radius 3 is 1.61 bits per heavy atom. The first-order chi connectivity index (χ1) is 11.3. The van der Waals surface area contributed by atoms with E-state index in [2.05, 4.69) is 104 Å².